The van der Waals surface area contributed by atoms with Gasteiger partial charge in [0.05, 0.1) is 11.1 Å². The van der Waals surface area contributed by atoms with E-state index in [1.807, 2.05) is 12.1 Å². The summed E-state index contributed by atoms with van der Waals surface area (Å²) in [6, 6.07) is 12.3. The Bertz CT molecular complexity index is 1080. The van der Waals surface area contributed by atoms with Gasteiger partial charge in [-0.2, -0.15) is 10.2 Å². The van der Waals surface area contributed by atoms with Gasteiger partial charge >= 0.3 is 0 Å². The minimum atomic E-state index is -0.399. The molecule has 31 heavy (non-hydrogen) atoms. The number of hydrogen-bond donors (Lipinski definition) is 1. The van der Waals surface area contributed by atoms with Crippen molar-refractivity contribution < 1.29 is 10.0 Å². The van der Waals surface area contributed by atoms with Crippen LogP contribution in [0.5, 0.6) is 5.75 Å². The number of aryl methyl sites for hydroxylation is 1. The van der Waals surface area contributed by atoms with Gasteiger partial charge in [0.1, 0.15) is 5.75 Å². The molecule has 1 N–H and O–H groups in total. The zero-order chi connectivity index (χ0) is 21.6. The van der Waals surface area contributed by atoms with E-state index in [0.29, 0.717) is 23.5 Å². The molecule has 160 valence electrons. The lowest BCUT2D eigenvalue weighted by Crippen LogP contribution is -2.42. The van der Waals surface area contributed by atoms with Crippen molar-refractivity contribution >= 4 is 17.6 Å². The molecule has 0 bridgehead atoms. The van der Waals surface area contributed by atoms with E-state index in [9.17, 15) is 15.2 Å². The van der Waals surface area contributed by atoms with Gasteiger partial charge in [-0.3, -0.25) is 10.1 Å². The third kappa shape index (κ3) is 3.44. The standard InChI is InChI=1S/C25H27N3O3/c1-25-13-12-21-20-9-7-19(29)14-17(20)4-8-22(21)23(25)10-11-24(25)27-26-15-16-2-5-18(6-3-16)28(30)31/h2-3,5-7,9,14-15,21-23,29H,4,8,10-13H2,1H3. The molecule has 0 spiro atoms. The van der Waals surface area contributed by atoms with Gasteiger partial charge < -0.3 is 5.11 Å². The summed E-state index contributed by atoms with van der Waals surface area (Å²) in [5.41, 5.74) is 4.96. The van der Waals surface area contributed by atoms with Gasteiger partial charge in [-0.05, 0) is 97.2 Å². The third-order valence-corrected chi connectivity index (χ3v) is 7.94. The van der Waals surface area contributed by atoms with Gasteiger partial charge in [0, 0.05) is 23.3 Å². The summed E-state index contributed by atoms with van der Waals surface area (Å²) in [5.74, 6) is 2.26. The molecular weight excluding hydrogens is 390 g/mol. The van der Waals surface area contributed by atoms with Gasteiger partial charge in [-0.15, -0.1) is 0 Å². The highest BCUT2D eigenvalue weighted by molar-refractivity contribution is 5.93. The molecule has 2 fully saturated rings. The van der Waals surface area contributed by atoms with Crippen LogP contribution in [0.1, 0.15) is 61.6 Å². The number of fused-ring (bicyclic) bond motifs is 5. The predicted molar refractivity (Wildman–Crippen MR) is 121 cm³/mol. The van der Waals surface area contributed by atoms with E-state index in [1.54, 1.807) is 18.3 Å². The van der Waals surface area contributed by atoms with Crippen molar-refractivity contribution in [1.29, 1.82) is 0 Å². The van der Waals surface area contributed by atoms with Crippen molar-refractivity contribution in [2.75, 3.05) is 0 Å². The fraction of sp³-hybridized carbons (Fsp3) is 0.440. The van der Waals surface area contributed by atoms with Crippen LogP contribution >= 0.6 is 0 Å². The number of phenols is 1. The summed E-state index contributed by atoms with van der Waals surface area (Å²) in [6.45, 7) is 2.37. The third-order valence-electron chi connectivity index (χ3n) is 7.94. The minimum absolute atomic E-state index is 0.0793. The second kappa shape index (κ2) is 7.59. The zero-order valence-electron chi connectivity index (χ0n) is 17.7. The number of aromatic hydroxyl groups is 1. The summed E-state index contributed by atoms with van der Waals surface area (Å²) >= 11 is 0. The van der Waals surface area contributed by atoms with Crippen LogP contribution in [0.4, 0.5) is 5.69 Å². The number of benzene rings is 2. The second-order valence-corrected chi connectivity index (χ2v) is 9.43. The van der Waals surface area contributed by atoms with Crippen LogP contribution in [0.25, 0.3) is 0 Å². The van der Waals surface area contributed by atoms with Gasteiger partial charge in [0.25, 0.3) is 5.69 Å². The maximum atomic E-state index is 10.8. The van der Waals surface area contributed by atoms with E-state index in [-0.39, 0.29) is 11.1 Å². The Balaban J connectivity index is 1.34. The first-order valence-corrected chi connectivity index (χ1v) is 11.1. The number of rotatable bonds is 3. The van der Waals surface area contributed by atoms with Crippen molar-refractivity contribution in [2.24, 2.45) is 27.5 Å². The van der Waals surface area contributed by atoms with Crippen molar-refractivity contribution in [1.82, 2.24) is 0 Å². The van der Waals surface area contributed by atoms with Crippen LogP contribution in [0.2, 0.25) is 0 Å². The average Bonchev–Trinajstić information content (AvgIpc) is 3.10. The zero-order valence-corrected chi connectivity index (χ0v) is 17.7. The highest BCUT2D eigenvalue weighted by Gasteiger charge is 2.53. The maximum absolute atomic E-state index is 10.8. The van der Waals surface area contributed by atoms with Crippen molar-refractivity contribution in [3.8, 4) is 5.75 Å². The van der Waals surface area contributed by atoms with E-state index >= 15 is 0 Å². The van der Waals surface area contributed by atoms with Crippen LogP contribution in [0.3, 0.4) is 0 Å². The lowest BCUT2D eigenvalue weighted by atomic mass is 9.55. The van der Waals surface area contributed by atoms with Crippen LogP contribution in [0, 0.1) is 27.4 Å². The molecule has 2 aromatic rings. The average molecular weight is 418 g/mol. The number of non-ortho nitro benzene ring substituents is 1. The molecule has 0 amide bonds. The quantitative estimate of drug-likeness (QED) is 0.399. The first-order chi connectivity index (χ1) is 15.0. The predicted octanol–water partition coefficient (Wildman–Crippen LogP) is 5.63. The van der Waals surface area contributed by atoms with E-state index in [2.05, 4.69) is 23.2 Å². The summed E-state index contributed by atoms with van der Waals surface area (Å²) in [4.78, 5) is 10.4. The first kappa shape index (κ1) is 19.9. The van der Waals surface area contributed by atoms with Crippen molar-refractivity contribution in [3.05, 3.63) is 69.3 Å². The van der Waals surface area contributed by atoms with Gasteiger partial charge in [-0.25, -0.2) is 0 Å². The smallest absolute Gasteiger partial charge is 0.269 e. The van der Waals surface area contributed by atoms with Crippen molar-refractivity contribution in [3.63, 3.8) is 0 Å². The maximum Gasteiger partial charge on any atom is 0.269 e. The fourth-order valence-corrected chi connectivity index (χ4v) is 6.37. The lowest BCUT2D eigenvalue weighted by Gasteiger charge is -2.49. The normalized spacial score (nSPS) is 30.7. The topological polar surface area (TPSA) is 88.1 Å². The van der Waals surface area contributed by atoms with Crippen LogP contribution in [0.15, 0.2) is 52.7 Å². The lowest BCUT2D eigenvalue weighted by molar-refractivity contribution is -0.384. The molecule has 0 radical (unpaired) electrons. The summed E-state index contributed by atoms with van der Waals surface area (Å²) in [5, 5.41) is 29.6. The molecule has 6 nitrogen and oxygen atoms in total. The fourth-order valence-electron chi connectivity index (χ4n) is 6.37. The monoisotopic (exact) mass is 417 g/mol. The van der Waals surface area contributed by atoms with Gasteiger partial charge in [0.2, 0.25) is 0 Å². The SMILES string of the molecule is CC12CCC3c4ccc(O)cc4CCC3C1CCC2=NN=Cc1ccc([N+](=O)[O-])cc1. The van der Waals surface area contributed by atoms with Gasteiger partial charge in [0.15, 0.2) is 0 Å². The number of nitro groups is 1. The van der Waals surface area contributed by atoms with Gasteiger partial charge in [-0.1, -0.05) is 13.0 Å². The molecule has 2 aromatic carbocycles. The molecule has 6 heteroatoms. The number of phenolic OH excluding ortho intramolecular Hbond substituents is 1. The number of hydrogen-bond acceptors (Lipinski definition) is 5. The molecule has 4 atom stereocenters. The largest absolute Gasteiger partial charge is 0.508 e. The Labute approximate surface area is 181 Å². The Kier molecular flexibility index (Phi) is 4.88. The summed E-state index contributed by atoms with van der Waals surface area (Å²) in [6.07, 6.45) is 8.33. The van der Waals surface area contributed by atoms with E-state index in [4.69, 9.17) is 0 Å². The van der Waals surface area contributed by atoms with E-state index < -0.39 is 4.92 Å². The number of nitrogens with zero attached hydrogens (tertiary/aromatic N) is 3. The molecule has 2 saturated carbocycles. The van der Waals surface area contributed by atoms with E-state index in [0.717, 1.165) is 37.7 Å². The first-order valence-electron chi connectivity index (χ1n) is 11.1. The molecule has 0 aromatic heterocycles. The molecule has 3 aliphatic rings. The molecule has 5 rings (SSSR count). The van der Waals surface area contributed by atoms with Crippen LogP contribution < -0.4 is 0 Å². The molecule has 3 aliphatic carbocycles. The second-order valence-electron chi connectivity index (χ2n) is 9.43. The summed E-state index contributed by atoms with van der Waals surface area (Å²) in [7, 11) is 0. The van der Waals surface area contributed by atoms with Crippen molar-refractivity contribution in [2.45, 2.75) is 51.4 Å². The van der Waals surface area contributed by atoms with Crippen LogP contribution in [-0.2, 0) is 6.42 Å². The Morgan fingerprint density at radius 1 is 1.13 bits per heavy atom. The minimum Gasteiger partial charge on any atom is -0.508 e. The Morgan fingerprint density at radius 2 is 1.94 bits per heavy atom. The Hall–Kier alpha value is -3.02. The molecule has 0 heterocycles. The highest BCUT2D eigenvalue weighted by atomic mass is 16.6. The van der Waals surface area contributed by atoms with E-state index in [1.165, 1.54) is 35.4 Å². The molecule has 0 saturated heterocycles. The Morgan fingerprint density at radius 3 is 2.71 bits per heavy atom. The molecule has 0 aliphatic heterocycles. The van der Waals surface area contributed by atoms with Crippen LogP contribution in [-0.4, -0.2) is 22.0 Å². The summed E-state index contributed by atoms with van der Waals surface area (Å²) < 4.78 is 0. The highest BCUT2D eigenvalue weighted by Crippen LogP contribution is 2.60. The molecule has 4 unspecified atom stereocenters. The molecular formula is C25H27N3O3. The number of nitro benzene ring substituents is 1.